The number of likely N-dealkylation sites (tertiary alicyclic amines) is 1. The number of benzene rings is 2. The molecule has 1 saturated heterocycles. The number of rotatable bonds is 9. The zero-order valence-corrected chi connectivity index (χ0v) is 27.9. The molecule has 1 aliphatic heterocycles. The van der Waals surface area contributed by atoms with E-state index in [0.717, 1.165) is 11.3 Å². The van der Waals surface area contributed by atoms with Gasteiger partial charge in [-0.15, -0.1) is 11.3 Å². The van der Waals surface area contributed by atoms with Crippen molar-refractivity contribution >= 4 is 28.8 Å². The van der Waals surface area contributed by atoms with E-state index in [1.54, 1.807) is 42.5 Å². The molecule has 2 heterocycles. The van der Waals surface area contributed by atoms with Crippen LogP contribution in [0.2, 0.25) is 0 Å². The number of nitrogens with zero attached hydrogens (tertiary/aromatic N) is 2. The van der Waals surface area contributed by atoms with E-state index in [9.17, 15) is 71.1 Å². The minimum atomic E-state index is -9.21. The van der Waals surface area contributed by atoms with Gasteiger partial charge in [0.2, 0.25) is 0 Å². The largest absolute Gasteiger partial charge is 0.497 e. The van der Waals surface area contributed by atoms with Crippen molar-refractivity contribution in [3.05, 3.63) is 64.6 Å². The number of hydrogen-bond acceptors (Lipinski definition) is 5. The summed E-state index contributed by atoms with van der Waals surface area (Å²) < 4.78 is 242. The number of carbonyl (C=O) groups is 2. The molecule has 1 aliphatic rings. The highest BCUT2D eigenvalue weighted by atomic mass is 32.1. The van der Waals surface area contributed by atoms with Gasteiger partial charge in [-0.2, -0.15) is 61.5 Å². The van der Waals surface area contributed by atoms with E-state index in [0.29, 0.717) is 16.9 Å². The van der Waals surface area contributed by atoms with Crippen LogP contribution in [0.4, 0.5) is 80.3 Å². The van der Waals surface area contributed by atoms with Gasteiger partial charge in [-0.25, -0.2) is 18.2 Å². The number of halogens is 17. The summed E-state index contributed by atoms with van der Waals surface area (Å²) in [6, 6.07) is 13.4. The van der Waals surface area contributed by atoms with Crippen molar-refractivity contribution in [3.63, 3.8) is 0 Å². The number of piperidine rings is 1. The van der Waals surface area contributed by atoms with Crippen LogP contribution in [0.3, 0.4) is 0 Å². The molecule has 2 amide bonds. The topological polar surface area (TPSA) is 71.5 Å². The molecule has 0 saturated carbocycles. The first-order valence-electron chi connectivity index (χ1n) is 15.0. The van der Waals surface area contributed by atoms with Crippen molar-refractivity contribution in [2.24, 2.45) is 5.41 Å². The second-order valence-corrected chi connectivity index (χ2v) is 12.8. The first kappa shape index (κ1) is 43.3. The monoisotopic (exact) mass is 839 g/mol. The number of nitrogens with one attached hydrogen (secondary N) is 1. The van der Waals surface area contributed by atoms with Gasteiger partial charge in [-0.1, -0.05) is 30.3 Å². The van der Waals surface area contributed by atoms with Gasteiger partial charge in [0, 0.05) is 36.0 Å². The summed E-state index contributed by atoms with van der Waals surface area (Å²) >= 11 is 0.763. The third-order valence-corrected chi connectivity index (χ3v) is 9.72. The zero-order chi connectivity index (χ0) is 41.8. The van der Waals surface area contributed by atoms with E-state index in [2.05, 4.69) is 10.3 Å². The van der Waals surface area contributed by atoms with E-state index in [1.165, 1.54) is 18.6 Å². The van der Waals surface area contributed by atoms with Crippen LogP contribution in [0.1, 0.15) is 34.3 Å². The van der Waals surface area contributed by atoms with Gasteiger partial charge < -0.3 is 15.0 Å². The lowest BCUT2D eigenvalue weighted by atomic mass is 9.68. The summed E-state index contributed by atoms with van der Waals surface area (Å²) in [5.41, 5.74) is -16.6. The highest BCUT2D eigenvalue weighted by Crippen LogP contribution is 2.72. The van der Waals surface area contributed by atoms with Crippen molar-refractivity contribution in [2.45, 2.75) is 61.0 Å². The second-order valence-electron chi connectivity index (χ2n) is 11.9. The Morgan fingerprint density at radius 3 is 1.76 bits per heavy atom. The number of alkyl halides is 17. The number of anilines is 1. The smallest absolute Gasteiger partial charge is 0.435 e. The summed E-state index contributed by atoms with van der Waals surface area (Å²) in [4.78, 5) is 29.2. The molecular weight excluding hydrogens is 817 g/mol. The SMILES string of the molecule is COc1ccc(-c2ccccc2)c(NC(=O)c2csc(C3CCN(C(=O)C(F)(F)C(F)(C(F)(F)F)C(F)(F)C(C(F)(F)F)(C(F)(F)F)C(F)(F)F)CC3)n2)c1. The number of aromatic nitrogens is 1. The first-order valence-corrected chi connectivity index (χ1v) is 15.9. The number of amides is 2. The third kappa shape index (κ3) is 7.02. The van der Waals surface area contributed by atoms with Crippen LogP contribution in [0.15, 0.2) is 53.9 Å². The number of ether oxygens (including phenoxy) is 1. The molecule has 55 heavy (non-hydrogen) atoms. The van der Waals surface area contributed by atoms with Gasteiger partial charge in [0.1, 0.15) is 11.4 Å². The number of carbonyl (C=O) groups excluding carboxylic acids is 2. The van der Waals surface area contributed by atoms with Crippen LogP contribution in [0.5, 0.6) is 5.75 Å². The van der Waals surface area contributed by atoms with Crippen molar-refractivity contribution in [2.75, 3.05) is 25.5 Å². The summed E-state index contributed by atoms with van der Waals surface area (Å²) in [6.45, 7) is -2.51. The molecule has 1 aromatic heterocycles. The maximum atomic E-state index is 15.3. The van der Waals surface area contributed by atoms with Gasteiger partial charge in [-0.3, -0.25) is 9.59 Å². The van der Waals surface area contributed by atoms with E-state index in [1.807, 2.05) is 0 Å². The average molecular weight is 840 g/mol. The van der Waals surface area contributed by atoms with Crippen LogP contribution in [0.25, 0.3) is 11.1 Å². The average Bonchev–Trinajstić information content (AvgIpc) is 3.56. The van der Waals surface area contributed by atoms with E-state index >= 15 is 13.2 Å². The van der Waals surface area contributed by atoms with Crippen molar-refractivity contribution in [1.82, 2.24) is 9.88 Å². The number of methoxy groups -OCH3 is 1. The lowest BCUT2D eigenvalue weighted by Crippen LogP contribution is -2.81. The minimum absolute atomic E-state index is 0.0184. The molecule has 1 atom stereocenters. The van der Waals surface area contributed by atoms with Crippen LogP contribution in [0, 0.1) is 5.41 Å². The highest BCUT2D eigenvalue weighted by Gasteiger charge is 3.02. The van der Waals surface area contributed by atoms with Crippen molar-refractivity contribution in [3.8, 4) is 16.9 Å². The summed E-state index contributed by atoms with van der Waals surface area (Å²) in [7, 11) is 1.36. The minimum Gasteiger partial charge on any atom is -0.497 e. The van der Waals surface area contributed by atoms with Crippen molar-refractivity contribution in [1.29, 1.82) is 0 Å². The Morgan fingerprint density at radius 1 is 0.764 bits per heavy atom. The quantitative estimate of drug-likeness (QED) is 0.218. The molecule has 0 spiro atoms. The molecule has 0 aliphatic carbocycles. The standard InChI is InChI=1S/C31H22F17N3O3S/c1-54-17-7-8-18(15-5-3-2-4-6-15)19(13-17)49-21(52)20-14-55-22(50-20)16-9-11-51(12-10-16)23(53)24(32,33)26(34,31(46,47)48)27(35,36)25(28(37,38)39,29(40,41)42)30(43,44)45/h2-8,13-14,16H,9-12H2,1H3,(H,49,52). The molecule has 0 radical (unpaired) electrons. The molecule has 1 fully saturated rings. The third-order valence-electron chi connectivity index (χ3n) is 8.72. The lowest BCUT2D eigenvalue weighted by Gasteiger charge is -2.50. The van der Waals surface area contributed by atoms with Crippen LogP contribution < -0.4 is 10.1 Å². The number of hydrogen-bond donors (Lipinski definition) is 1. The predicted molar refractivity (Wildman–Crippen MR) is 157 cm³/mol. The molecule has 304 valence electrons. The van der Waals surface area contributed by atoms with Gasteiger partial charge >= 0.3 is 47.6 Å². The summed E-state index contributed by atoms with van der Waals surface area (Å²) in [5.74, 6) is -22.1. The molecule has 0 bridgehead atoms. The molecule has 24 heteroatoms. The fourth-order valence-electron chi connectivity index (χ4n) is 5.89. The Morgan fingerprint density at radius 2 is 1.29 bits per heavy atom. The molecule has 3 aromatic rings. The van der Waals surface area contributed by atoms with E-state index < -0.39 is 96.2 Å². The summed E-state index contributed by atoms with van der Waals surface area (Å²) in [6.07, 6.45) is -35.6. The fraction of sp³-hybridized carbons (Fsp3) is 0.452. The van der Waals surface area contributed by atoms with Crippen molar-refractivity contribution < 1.29 is 89.0 Å². The molecule has 6 nitrogen and oxygen atoms in total. The summed E-state index contributed by atoms with van der Waals surface area (Å²) in [5, 5.41) is 3.84. The molecular formula is C31H22F17N3O3S. The highest BCUT2D eigenvalue weighted by molar-refractivity contribution is 7.10. The van der Waals surface area contributed by atoms with Crippen LogP contribution >= 0.6 is 11.3 Å². The Labute approximate surface area is 301 Å². The van der Waals surface area contributed by atoms with Gasteiger partial charge in [-0.05, 0) is 30.5 Å². The van der Waals surface area contributed by atoms with E-state index in [-0.39, 0.29) is 16.4 Å². The lowest BCUT2D eigenvalue weighted by molar-refractivity contribution is -0.509. The van der Waals surface area contributed by atoms with Gasteiger partial charge in [0.15, 0.2) is 0 Å². The maximum absolute atomic E-state index is 15.3. The maximum Gasteiger partial charge on any atom is 0.435 e. The second kappa shape index (κ2) is 14.3. The molecule has 2 aromatic carbocycles. The normalized spacial score (nSPS) is 16.8. The first-order chi connectivity index (χ1) is 25.0. The predicted octanol–water partition coefficient (Wildman–Crippen LogP) is 9.99. The van der Waals surface area contributed by atoms with Crippen LogP contribution in [-0.2, 0) is 4.79 Å². The molecule has 4 rings (SSSR count). The van der Waals surface area contributed by atoms with Gasteiger partial charge in [0.25, 0.3) is 11.8 Å². The Hall–Kier alpha value is -4.38. The molecule has 1 unspecified atom stereocenters. The van der Waals surface area contributed by atoms with Gasteiger partial charge in [0.05, 0.1) is 17.8 Å². The Balaban J connectivity index is 1.59. The molecule has 1 N–H and O–H groups in total. The zero-order valence-electron chi connectivity index (χ0n) is 27.1. The van der Waals surface area contributed by atoms with Crippen LogP contribution in [-0.4, -0.2) is 84.1 Å². The number of thiazole rings is 1. The van der Waals surface area contributed by atoms with E-state index in [4.69, 9.17) is 4.74 Å². The Bertz CT molecular complexity index is 1830. The Kier molecular flexibility index (Phi) is 11.3. The fourth-order valence-corrected chi connectivity index (χ4v) is 6.86.